The molecule has 1 heteroatoms. The van der Waals surface area contributed by atoms with Crippen molar-refractivity contribution in [3.05, 3.63) is 54.1 Å². The second kappa shape index (κ2) is 3.75. The Morgan fingerprint density at radius 3 is 2.79 bits per heavy atom. The SMILES string of the molecule is C=CC1C(C=CC)C2C3Nc4ccc(C)cc4C3C12. The summed E-state index contributed by atoms with van der Waals surface area (Å²) in [6.07, 6.45) is 6.78. The van der Waals surface area contributed by atoms with Crippen molar-refractivity contribution in [1.82, 2.24) is 0 Å². The first-order valence-corrected chi connectivity index (χ1v) is 7.38. The summed E-state index contributed by atoms with van der Waals surface area (Å²) in [6, 6.07) is 7.52. The highest BCUT2D eigenvalue weighted by Crippen LogP contribution is 2.69. The zero-order chi connectivity index (χ0) is 13.1. The van der Waals surface area contributed by atoms with Crippen LogP contribution in [0.3, 0.4) is 0 Å². The third-order valence-electron chi connectivity index (χ3n) is 5.57. The number of hydrogen-bond acceptors (Lipinski definition) is 1. The van der Waals surface area contributed by atoms with E-state index >= 15 is 0 Å². The van der Waals surface area contributed by atoms with Crippen LogP contribution >= 0.6 is 0 Å². The van der Waals surface area contributed by atoms with Gasteiger partial charge in [0.1, 0.15) is 0 Å². The van der Waals surface area contributed by atoms with Gasteiger partial charge in [-0.05, 0) is 49.1 Å². The summed E-state index contributed by atoms with van der Waals surface area (Å²) in [7, 11) is 0. The Balaban J connectivity index is 1.69. The van der Waals surface area contributed by atoms with E-state index < -0.39 is 0 Å². The molecule has 6 unspecified atom stereocenters. The van der Waals surface area contributed by atoms with E-state index in [1.165, 1.54) is 11.3 Å². The predicted octanol–water partition coefficient (Wildman–Crippen LogP) is 4.13. The number of nitrogens with one attached hydrogen (secondary N) is 1. The lowest BCUT2D eigenvalue weighted by Gasteiger charge is -2.65. The highest BCUT2D eigenvalue weighted by Gasteiger charge is 2.66. The summed E-state index contributed by atoms with van der Waals surface area (Å²) in [5, 5.41) is 3.76. The fourth-order valence-corrected chi connectivity index (χ4v) is 4.82. The fraction of sp³-hybridized carbons (Fsp3) is 0.444. The van der Waals surface area contributed by atoms with Gasteiger partial charge in [-0.15, -0.1) is 6.58 Å². The fourth-order valence-electron chi connectivity index (χ4n) is 4.82. The molecule has 98 valence electrons. The van der Waals surface area contributed by atoms with Crippen molar-refractivity contribution < 1.29 is 0 Å². The Labute approximate surface area is 115 Å². The van der Waals surface area contributed by atoms with Crippen molar-refractivity contribution in [3.8, 4) is 0 Å². The first-order valence-electron chi connectivity index (χ1n) is 7.38. The quantitative estimate of drug-likeness (QED) is 0.779. The lowest BCUT2D eigenvalue weighted by atomic mass is 9.40. The molecule has 0 saturated heterocycles. The molecule has 2 saturated carbocycles. The molecule has 0 bridgehead atoms. The average molecular weight is 251 g/mol. The summed E-state index contributed by atoms with van der Waals surface area (Å²) in [4.78, 5) is 0. The van der Waals surface area contributed by atoms with E-state index in [0.29, 0.717) is 17.9 Å². The Kier molecular flexibility index (Phi) is 2.24. The van der Waals surface area contributed by atoms with Crippen LogP contribution in [-0.4, -0.2) is 6.04 Å². The van der Waals surface area contributed by atoms with Crippen molar-refractivity contribution >= 4 is 5.69 Å². The van der Waals surface area contributed by atoms with Crippen LogP contribution in [0.1, 0.15) is 24.0 Å². The molecule has 0 aromatic heterocycles. The molecule has 6 atom stereocenters. The molecular weight excluding hydrogens is 230 g/mol. The molecule has 4 rings (SSSR count). The molecule has 1 nitrogen and oxygen atoms in total. The van der Waals surface area contributed by atoms with Gasteiger partial charge < -0.3 is 5.32 Å². The van der Waals surface area contributed by atoms with Crippen LogP contribution in [0, 0.1) is 30.6 Å². The Bertz CT molecular complexity index is 571. The third kappa shape index (κ3) is 1.26. The smallest absolute Gasteiger partial charge is 0.0379 e. The van der Waals surface area contributed by atoms with Gasteiger partial charge in [-0.1, -0.05) is 35.9 Å². The van der Waals surface area contributed by atoms with Crippen molar-refractivity contribution in [1.29, 1.82) is 0 Å². The van der Waals surface area contributed by atoms with Crippen LogP contribution in [0.25, 0.3) is 0 Å². The van der Waals surface area contributed by atoms with Gasteiger partial charge in [0.25, 0.3) is 0 Å². The van der Waals surface area contributed by atoms with Crippen LogP contribution < -0.4 is 5.32 Å². The molecule has 19 heavy (non-hydrogen) atoms. The number of benzene rings is 1. The highest BCUT2D eigenvalue weighted by molar-refractivity contribution is 5.64. The number of rotatable bonds is 2. The molecule has 0 spiro atoms. The highest BCUT2D eigenvalue weighted by atomic mass is 15.0. The van der Waals surface area contributed by atoms with E-state index in [4.69, 9.17) is 0 Å². The summed E-state index contributed by atoms with van der Waals surface area (Å²) in [5.74, 6) is 3.74. The van der Waals surface area contributed by atoms with Gasteiger partial charge in [0.15, 0.2) is 0 Å². The predicted molar refractivity (Wildman–Crippen MR) is 80.3 cm³/mol. The van der Waals surface area contributed by atoms with Gasteiger partial charge in [0, 0.05) is 17.6 Å². The van der Waals surface area contributed by atoms with Gasteiger partial charge in [-0.2, -0.15) is 0 Å². The number of fused-ring (bicyclic) bond motifs is 6. The zero-order valence-electron chi connectivity index (χ0n) is 11.6. The van der Waals surface area contributed by atoms with Crippen molar-refractivity contribution in [2.24, 2.45) is 23.7 Å². The average Bonchev–Trinajstić information content (AvgIpc) is 2.67. The van der Waals surface area contributed by atoms with E-state index in [2.05, 4.69) is 62.2 Å². The minimum absolute atomic E-state index is 0.666. The molecule has 1 N–H and O–H groups in total. The van der Waals surface area contributed by atoms with Gasteiger partial charge in [0.2, 0.25) is 0 Å². The topological polar surface area (TPSA) is 12.0 Å². The van der Waals surface area contributed by atoms with Crippen LogP contribution in [0.2, 0.25) is 0 Å². The van der Waals surface area contributed by atoms with Crippen LogP contribution in [0.5, 0.6) is 0 Å². The van der Waals surface area contributed by atoms with Crippen molar-refractivity contribution in [3.63, 3.8) is 0 Å². The zero-order valence-corrected chi connectivity index (χ0v) is 11.6. The summed E-state index contributed by atoms with van der Waals surface area (Å²) in [6.45, 7) is 8.39. The molecule has 1 heterocycles. The molecule has 1 aliphatic heterocycles. The number of hydrogen-bond donors (Lipinski definition) is 1. The van der Waals surface area contributed by atoms with Gasteiger partial charge in [0.05, 0.1) is 0 Å². The van der Waals surface area contributed by atoms with Crippen LogP contribution in [0.15, 0.2) is 43.0 Å². The Hall–Kier alpha value is -1.50. The van der Waals surface area contributed by atoms with E-state index in [9.17, 15) is 0 Å². The first-order chi connectivity index (χ1) is 9.26. The van der Waals surface area contributed by atoms with Gasteiger partial charge in [-0.3, -0.25) is 0 Å². The monoisotopic (exact) mass is 251 g/mol. The molecule has 3 aliphatic rings. The standard InChI is InChI=1S/C18H21N/c1-4-6-12-11(5-2)15-16(12)18-17(15)13-9-10(3)7-8-14(13)19-18/h4-9,11-12,15-19H,2H2,1,3H3. The molecule has 2 aliphatic carbocycles. The lowest BCUT2D eigenvalue weighted by Crippen LogP contribution is -2.65. The molecule has 0 radical (unpaired) electrons. The van der Waals surface area contributed by atoms with E-state index in [-0.39, 0.29) is 0 Å². The van der Waals surface area contributed by atoms with Gasteiger partial charge >= 0.3 is 0 Å². The Morgan fingerprint density at radius 1 is 1.21 bits per heavy atom. The third-order valence-corrected chi connectivity index (χ3v) is 5.57. The van der Waals surface area contributed by atoms with E-state index in [1.807, 2.05) is 0 Å². The van der Waals surface area contributed by atoms with E-state index in [1.54, 1.807) is 5.56 Å². The molecule has 0 amide bonds. The minimum Gasteiger partial charge on any atom is -0.381 e. The maximum absolute atomic E-state index is 4.07. The van der Waals surface area contributed by atoms with Crippen molar-refractivity contribution in [2.75, 3.05) is 5.32 Å². The summed E-state index contributed by atoms with van der Waals surface area (Å²) in [5.41, 5.74) is 4.30. The van der Waals surface area contributed by atoms with Crippen LogP contribution in [-0.2, 0) is 0 Å². The Morgan fingerprint density at radius 2 is 2.05 bits per heavy atom. The summed E-state index contributed by atoms with van der Waals surface area (Å²) >= 11 is 0. The van der Waals surface area contributed by atoms with Crippen molar-refractivity contribution in [2.45, 2.75) is 25.8 Å². The lowest BCUT2D eigenvalue weighted by molar-refractivity contribution is -0.0814. The maximum Gasteiger partial charge on any atom is 0.0379 e. The number of aryl methyl sites for hydroxylation is 1. The molecule has 1 aromatic carbocycles. The minimum atomic E-state index is 0.666. The second-order valence-electron chi connectivity index (χ2n) is 6.36. The number of anilines is 1. The largest absolute Gasteiger partial charge is 0.381 e. The first kappa shape index (κ1) is 11.3. The molecule has 2 fully saturated rings. The van der Waals surface area contributed by atoms with Crippen LogP contribution in [0.4, 0.5) is 5.69 Å². The summed E-state index contributed by atoms with van der Waals surface area (Å²) < 4.78 is 0. The number of allylic oxidation sites excluding steroid dienone is 3. The normalized spacial score (nSPS) is 41.6. The maximum atomic E-state index is 4.07. The second-order valence-corrected chi connectivity index (χ2v) is 6.36. The molecular formula is C18H21N. The van der Waals surface area contributed by atoms with E-state index in [0.717, 1.165) is 17.8 Å². The molecule has 1 aromatic rings. The van der Waals surface area contributed by atoms with Gasteiger partial charge in [-0.25, -0.2) is 0 Å².